The summed E-state index contributed by atoms with van der Waals surface area (Å²) in [6, 6.07) is 5.77. The lowest BCUT2D eigenvalue weighted by atomic mass is 10.2. The van der Waals surface area contributed by atoms with Gasteiger partial charge in [-0.25, -0.2) is 0 Å². The highest BCUT2D eigenvalue weighted by Crippen LogP contribution is 2.25. The molecule has 4 heteroatoms. The van der Waals surface area contributed by atoms with Crippen molar-refractivity contribution in [2.24, 2.45) is 0 Å². The quantitative estimate of drug-likeness (QED) is 0.539. The van der Waals surface area contributed by atoms with Gasteiger partial charge >= 0.3 is 0 Å². The Morgan fingerprint density at radius 2 is 2.12 bits per heavy atom. The Labute approximate surface area is 103 Å². The molecule has 0 aromatic heterocycles. The molecule has 1 rings (SSSR count). The van der Waals surface area contributed by atoms with E-state index in [4.69, 9.17) is 15.2 Å². The Morgan fingerprint density at radius 1 is 1.29 bits per heavy atom. The first-order valence-corrected chi connectivity index (χ1v) is 6.03. The van der Waals surface area contributed by atoms with Crippen molar-refractivity contribution in [1.29, 1.82) is 0 Å². The molecule has 0 unspecified atom stereocenters. The first-order valence-electron chi connectivity index (χ1n) is 6.03. The number of methoxy groups -OCH3 is 1. The average molecular weight is 238 g/mol. The summed E-state index contributed by atoms with van der Waals surface area (Å²) in [6.07, 6.45) is 2.15. The van der Waals surface area contributed by atoms with E-state index in [1.807, 2.05) is 25.1 Å². The van der Waals surface area contributed by atoms with E-state index in [2.05, 4.69) is 5.32 Å². The van der Waals surface area contributed by atoms with Crippen LogP contribution in [0.2, 0.25) is 0 Å². The molecule has 0 aliphatic carbocycles. The molecule has 0 saturated carbocycles. The molecule has 0 aliphatic rings. The van der Waals surface area contributed by atoms with Gasteiger partial charge in [0.15, 0.2) is 0 Å². The molecule has 0 radical (unpaired) electrons. The number of nitrogens with two attached hydrogens (primary N) is 1. The fourth-order valence-corrected chi connectivity index (χ4v) is 1.53. The summed E-state index contributed by atoms with van der Waals surface area (Å²) < 4.78 is 10.4. The maximum Gasteiger partial charge on any atom is 0.144 e. The van der Waals surface area contributed by atoms with Crippen LogP contribution in [-0.2, 0) is 4.74 Å². The Balaban J connectivity index is 2.40. The van der Waals surface area contributed by atoms with Crippen LogP contribution in [0.25, 0.3) is 0 Å². The number of anilines is 2. The maximum absolute atomic E-state index is 5.80. The van der Waals surface area contributed by atoms with Crippen molar-refractivity contribution in [2.75, 3.05) is 37.9 Å². The number of rotatable bonds is 8. The van der Waals surface area contributed by atoms with Gasteiger partial charge in [0.05, 0.1) is 12.3 Å². The van der Waals surface area contributed by atoms with Gasteiger partial charge in [0, 0.05) is 32.0 Å². The summed E-state index contributed by atoms with van der Waals surface area (Å²) in [5.41, 5.74) is 7.52. The summed E-state index contributed by atoms with van der Waals surface area (Å²) in [6.45, 7) is 4.32. The fraction of sp³-hybridized carbons (Fsp3) is 0.538. The third-order valence-electron chi connectivity index (χ3n) is 2.42. The Bertz CT molecular complexity index is 329. The van der Waals surface area contributed by atoms with Gasteiger partial charge in [0.1, 0.15) is 5.75 Å². The van der Waals surface area contributed by atoms with Gasteiger partial charge in [-0.15, -0.1) is 0 Å². The molecule has 0 bridgehead atoms. The van der Waals surface area contributed by atoms with Crippen molar-refractivity contribution in [3.05, 3.63) is 18.2 Å². The Kier molecular flexibility index (Phi) is 6.25. The van der Waals surface area contributed by atoms with Gasteiger partial charge < -0.3 is 20.5 Å². The van der Waals surface area contributed by atoms with Gasteiger partial charge in [-0.1, -0.05) is 0 Å². The number of hydrogen-bond acceptors (Lipinski definition) is 4. The minimum absolute atomic E-state index is 0.626. The minimum Gasteiger partial charge on any atom is -0.492 e. The second kappa shape index (κ2) is 7.79. The number of ether oxygens (including phenoxy) is 2. The fourth-order valence-electron chi connectivity index (χ4n) is 1.53. The van der Waals surface area contributed by atoms with Crippen molar-refractivity contribution in [1.82, 2.24) is 0 Å². The lowest BCUT2D eigenvalue weighted by Gasteiger charge is -2.11. The molecular weight excluding hydrogens is 216 g/mol. The predicted molar refractivity (Wildman–Crippen MR) is 71.6 cm³/mol. The summed E-state index contributed by atoms with van der Waals surface area (Å²) in [5.74, 6) is 0.745. The van der Waals surface area contributed by atoms with E-state index in [0.717, 1.165) is 37.4 Å². The van der Waals surface area contributed by atoms with Gasteiger partial charge in [-0.3, -0.25) is 0 Å². The third-order valence-corrected chi connectivity index (χ3v) is 2.42. The van der Waals surface area contributed by atoms with E-state index >= 15 is 0 Å². The van der Waals surface area contributed by atoms with Crippen LogP contribution in [0.3, 0.4) is 0 Å². The largest absolute Gasteiger partial charge is 0.492 e. The van der Waals surface area contributed by atoms with Crippen LogP contribution < -0.4 is 15.8 Å². The van der Waals surface area contributed by atoms with Crippen LogP contribution in [0.1, 0.15) is 19.8 Å². The van der Waals surface area contributed by atoms with Crippen LogP contribution in [-0.4, -0.2) is 26.9 Å². The van der Waals surface area contributed by atoms with Crippen molar-refractivity contribution in [3.8, 4) is 5.75 Å². The number of unbranched alkanes of at least 4 members (excludes halogenated alkanes) is 1. The van der Waals surface area contributed by atoms with E-state index in [-0.39, 0.29) is 0 Å². The van der Waals surface area contributed by atoms with Crippen molar-refractivity contribution < 1.29 is 9.47 Å². The summed E-state index contributed by atoms with van der Waals surface area (Å²) >= 11 is 0. The van der Waals surface area contributed by atoms with E-state index in [1.54, 1.807) is 7.11 Å². The number of hydrogen-bond donors (Lipinski definition) is 2. The highest BCUT2D eigenvalue weighted by Gasteiger charge is 2.01. The number of nitrogen functional groups attached to an aromatic ring is 1. The first kappa shape index (κ1) is 13.6. The zero-order valence-corrected chi connectivity index (χ0v) is 10.7. The highest BCUT2D eigenvalue weighted by molar-refractivity contribution is 5.61. The van der Waals surface area contributed by atoms with Crippen LogP contribution >= 0.6 is 0 Å². The van der Waals surface area contributed by atoms with Gasteiger partial charge in [0.25, 0.3) is 0 Å². The minimum atomic E-state index is 0.626. The molecule has 1 aromatic rings. The normalized spacial score (nSPS) is 10.2. The lowest BCUT2D eigenvalue weighted by molar-refractivity contribution is 0.194. The highest BCUT2D eigenvalue weighted by atomic mass is 16.5. The molecule has 0 atom stereocenters. The molecule has 1 aromatic carbocycles. The van der Waals surface area contributed by atoms with E-state index in [1.165, 1.54) is 0 Å². The Hall–Kier alpha value is -1.42. The molecule has 0 amide bonds. The molecule has 4 nitrogen and oxygen atoms in total. The van der Waals surface area contributed by atoms with Gasteiger partial charge in [-0.2, -0.15) is 0 Å². The molecular formula is C13H22N2O2. The monoisotopic (exact) mass is 238 g/mol. The van der Waals surface area contributed by atoms with Gasteiger partial charge in [0.2, 0.25) is 0 Å². The van der Waals surface area contributed by atoms with Crippen LogP contribution in [0, 0.1) is 0 Å². The molecule has 3 N–H and O–H groups in total. The molecule has 0 saturated heterocycles. The molecule has 0 fully saturated rings. The SMILES string of the molecule is CCOc1cc(NCCCCOC)ccc1N. The standard InChI is InChI=1S/C13H22N2O2/c1-3-17-13-10-11(6-7-12(13)14)15-8-4-5-9-16-2/h6-7,10,15H,3-5,8-9,14H2,1-2H3. The van der Waals surface area contributed by atoms with E-state index < -0.39 is 0 Å². The maximum atomic E-state index is 5.80. The second-order valence-corrected chi connectivity index (χ2v) is 3.81. The molecule has 0 aliphatic heterocycles. The smallest absolute Gasteiger partial charge is 0.144 e. The van der Waals surface area contributed by atoms with E-state index in [0.29, 0.717) is 12.3 Å². The molecule has 0 heterocycles. The van der Waals surface area contributed by atoms with Crippen molar-refractivity contribution >= 4 is 11.4 Å². The van der Waals surface area contributed by atoms with Crippen LogP contribution in [0.5, 0.6) is 5.75 Å². The Morgan fingerprint density at radius 3 is 2.82 bits per heavy atom. The number of benzene rings is 1. The second-order valence-electron chi connectivity index (χ2n) is 3.81. The zero-order valence-electron chi connectivity index (χ0n) is 10.7. The van der Waals surface area contributed by atoms with Crippen molar-refractivity contribution in [2.45, 2.75) is 19.8 Å². The molecule has 0 spiro atoms. The van der Waals surface area contributed by atoms with Gasteiger partial charge in [-0.05, 0) is 31.9 Å². The zero-order chi connectivity index (χ0) is 12.5. The van der Waals surface area contributed by atoms with E-state index in [9.17, 15) is 0 Å². The first-order chi connectivity index (χ1) is 8.27. The summed E-state index contributed by atoms with van der Waals surface area (Å²) in [5, 5.41) is 3.34. The molecule has 96 valence electrons. The van der Waals surface area contributed by atoms with Crippen LogP contribution in [0.15, 0.2) is 18.2 Å². The lowest BCUT2D eigenvalue weighted by Crippen LogP contribution is -2.04. The van der Waals surface area contributed by atoms with Crippen LogP contribution in [0.4, 0.5) is 11.4 Å². The topological polar surface area (TPSA) is 56.5 Å². The molecule has 17 heavy (non-hydrogen) atoms. The summed E-state index contributed by atoms with van der Waals surface area (Å²) in [7, 11) is 1.72. The summed E-state index contributed by atoms with van der Waals surface area (Å²) in [4.78, 5) is 0. The van der Waals surface area contributed by atoms with Crippen molar-refractivity contribution in [3.63, 3.8) is 0 Å². The number of nitrogens with one attached hydrogen (secondary N) is 1. The average Bonchev–Trinajstić information content (AvgIpc) is 2.33. The predicted octanol–water partition coefficient (Wildman–Crippen LogP) is 2.51. The third kappa shape index (κ3) is 4.95.